The highest BCUT2D eigenvalue weighted by Gasteiger charge is 1.88. The summed E-state index contributed by atoms with van der Waals surface area (Å²) in [5, 5.41) is 0. The number of hydrogen-bond acceptors (Lipinski definition) is 2. The van der Waals surface area contributed by atoms with Gasteiger partial charge in [-0.05, 0) is 19.4 Å². The Labute approximate surface area is 68.3 Å². The van der Waals surface area contributed by atoms with Crippen LogP contribution in [0.2, 0.25) is 0 Å². The Hall–Kier alpha value is -0.920. The molecule has 0 unspecified atom stereocenters. The number of Topliss-reactive ketones (excluding diaryl/α,β-unsaturated/α-hetero) is 1. The third-order valence-corrected chi connectivity index (χ3v) is 0.897. The monoisotopic (exact) mass is 156 g/mol. The first kappa shape index (κ1) is 12.7. The van der Waals surface area contributed by atoms with Crippen molar-refractivity contribution in [3.8, 4) is 0 Å². The summed E-state index contributed by atoms with van der Waals surface area (Å²) in [6.45, 7) is 7.17. The molecule has 0 N–H and O–H groups in total. The highest BCUT2D eigenvalue weighted by molar-refractivity contribution is 5.79. The van der Waals surface area contributed by atoms with E-state index >= 15 is 0 Å². The molecule has 2 heteroatoms. The number of carbonyl (C=O) groups excluding carboxylic acids is 2. The molecule has 0 spiro atoms. The van der Waals surface area contributed by atoms with Crippen LogP contribution in [-0.4, -0.2) is 12.1 Å². The van der Waals surface area contributed by atoms with Crippen LogP contribution in [0.3, 0.4) is 0 Å². The first-order chi connectivity index (χ1) is 5.16. The van der Waals surface area contributed by atoms with Gasteiger partial charge in [-0.3, -0.25) is 9.59 Å². The lowest BCUT2D eigenvalue weighted by Crippen LogP contribution is -1.86. The fourth-order valence-corrected chi connectivity index (χ4v) is 0.353. The Kier molecular flexibility index (Phi) is 10.5. The van der Waals surface area contributed by atoms with Crippen LogP contribution < -0.4 is 0 Å². The maximum Gasteiger partial charge on any atom is 0.145 e. The van der Waals surface area contributed by atoms with E-state index in [1.54, 1.807) is 13.0 Å². The Morgan fingerprint density at radius 3 is 2.00 bits per heavy atom. The molecule has 0 fully saturated rings. The minimum atomic E-state index is 0.0798. The van der Waals surface area contributed by atoms with Crippen molar-refractivity contribution in [2.45, 2.75) is 34.1 Å². The van der Waals surface area contributed by atoms with Crippen LogP contribution in [0.5, 0.6) is 0 Å². The highest BCUT2D eigenvalue weighted by atomic mass is 16.1. The van der Waals surface area contributed by atoms with Crippen LogP contribution in [0.1, 0.15) is 34.1 Å². The van der Waals surface area contributed by atoms with Crippen molar-refractivity contribution in [2.24, 2.45) is 0 Å². The van der Waals surface area contributed by atoms with E-state index in [2.05, 4.69) is 0 Å². The van der Waals surface area contributed by atoms with Crippen molar-refractivity contribution >= 4 is 12.1 Å². The van der Waals surface area contributed by atoms with Crippen LogP contribution in [0, 0.1) is 0 Å². The number of aldehydes is 1. The maximum atomic E-state index is 10.3. The standard InChI is InChI=1S/C7H10O2.C2H6/c1-6(5-8)3-4-7(2)9;1-2/h3,5H,4H2,1-2H3;1-2H3/b6-3-;. The summed E-state index contributed by atoms with van der Waals surface area (Å²) in [5.74, 6) is 0.0798. The zero-order valence-electron chi connectivity index (χ0n) is 7.68. The van der Waals surface area contributed by atoms with Gasteiger partial charge in [0.2, 0.25) is 0 Å². The average Bonchev–Trinajstić information content (AvgIpc) is 2.04. The molecule has 64 valence electrons. The third kappa shape index (κ3) is 12.3. The molecule has 0 amide bonds. The van der Waals surface area contributed by atoms with Crippen molar-refractivity contribution < 1.29 is 9.59 Å². The normalized spacial score (nSPS) is 9.64. The summed E-state index contributed by atoms with van der Waals surface area (Å²) >= 11 is 0. The van der Waals surface area contributed by atoms with Gasteiger partial charge < -0.3 is 0 Å². The average molecular weight is 156 g/mol. The van der Waals surface area contributed by atoms with Gasteiger partial charge in [-0.1, -0.05) is 19.9 Å². The molecule has 0 saturated heterocycles. The largest absolute Gasteiger partial charge is 0.300 e. The molecule has 0 aromatic rings. The van der Waals surface area contributed by atoms with Gasteiger partial charge >= 0.3 is 0 Å². The lowest BCUT2D eigenvalue weighted by Gasteiger charge is -1.84. The van der Waals surface area contributed by atoms with Gasteiger partial charge in [0.1, 0.15) is 12.1 Å². The van der Waals surface area contributed by atoms with Gasteiger partial charge in [-0.25, -0.2) is 0 Å². The minimum Gasteiger partial charge on any atom is -0.300 e. The summed E-state index contributed by atoms with van der Waals surface area (Å²) in [4.78, 5) is 20.2. The minimum absolute atomic E-state index is 0.0798. The number of allylic oxidation sites excluding steroid dienone is 2. The Bertz CT molecular complexity index is 146. The van der Waals surface area contributed by atoms with Crippen molar-refractivity contribution in [1.29, 1.82) is 0 Å². The molecule has 0 bridgehead atoms. The summed E-state index contributed by atoms with van der Waals surface area (Å²) in [5.41, 5.74) is 0.616. The molecule has 2 nitrogen and oxygen atoms in total. The van der Waals surface area contributed by atoms with Crippen LogP contribution in [0.4, 0.5) is 0 Å². The SMILES string of the molecule is CC.CC(=O)C/C=C(/C)C=O. The second kappa shape index (κ2) is 9.08. The van der Waals surface area contributed by atoms with E-state index in [1.807, 2.05) is 13.8 Å². The smallest absolute Gasteiger partial charge is 0.145 e. The highest BCUT2D eigenvalue weighted by Crippen LogP contribution is 1.90. The van der Waals surface area contributed by atoms with E-state index in [-0.39, 0.29) is 5.78 Å². The molecule has 0 rings (SSSR count). The Morgan fingerprint density at radius 1 is 1.27 bits per heavy atom. The van der Waals surface area contributed by atoms with Crippen LogP contribution in [-0.2, 0) is 9.59 Å². The van der Waals surface area contributed by atoms with Gasteiger partial charge in [0.25, 0.3) is 0 Å². The van der Waals surface area contributed by atoms with Gasteiger partial charge in [-0.15, -0.1) is 0 Å². The molecular formula is C9H16O2. The molecule has 0 aromatic heterocycles. The Morgan fingerprint density at radius 2 is 1.73 bits per heavy atom. The van der Waals surface area contributed by atoms with Crippen molar-refractivity contribution in [3.63, 3.8) is 0 Å². The maximum absolute atomic E-state index is 10.3. The molecular weight excluding hydrogens is 140 g/mol. The summed E-state index contributed by atoms with van der Waals surface area (Å²) in [6.07, 6.45) is 2.73. The molecule has 0 aliphatic carbocycles. The molecule has 0 aliphatic heterocycles. The van der Waals surface area contributed by atoms with E-state index in [9.17, 15) is 9.59 Å². The van der Waals surface area contributed by atoms with Crippen LogP contribution >= 0.6 is 0 Å². The second-order valence-corrected chi connectivity index (χ2v) is 1.97. The molecule has 11 heavy (non-hydrogen) atoms. The fourth-order valence-electron chi connectivity index (χ4n) is 0.353. The lowest BCUT2D eigenvalue weighted by molar-refractivity contribution is -0.116. The quantitative estimate of drug-likeness (QED) is 0.463. The lowest BCUT2D eigenvalue weighted by atomic mass is 10.2. The number of rotatable bonds is 3. The van der Waals surface area contributed by atoms with Gasteiger partial charge in [-0.2, -0.15) is 0 Å². The summed E-state index contributed by atoms with van der Waals surface area (Å²) in [7, 11) is 0. The van der Waals surface area contributed by atoms with E-state index in [0.717, 1.165) is 6.29 Å². The number of carbonyl (C=O) groups is 2. The predicted molar refractivity (Wildman–Crippen MR) is 46.5 cm³/mol. The molecule has 0 saturated carbocycles. The van der Waals surface area contributed by atoms with Crippen LogP contribution in [0.15, 0.2) is 11.6 Å². The topological polar surface area (TPSA) is 34.1 Å². The first-order valence-corrected chi connectivity index (χ1v) is 3.78. The van der Waals surface area contributed by atoms with Gasteiger partial charge in [0, 0.05) is 6.42 Å². The molecule has 0 aromatic carbocycles. The molecule has 0 atom stereocenters. The molecule has 0 aliphatic rings. The zero-order valence-corrected chi connectivity index (χ0v) is 7.68. The van der Waals surface area contributed by atoms with E-state index in [0.29, 0.717) is 12.0 Å². The van der Waals surface area contributed by atoms with E-state index in [1.165, 1.54) is 6.92 Å². The third-order valence-electron chi connectivity index (χ3n) is 0.897. The Balaban J connectivity index is 0. The van der Waals surface area contributed by atoms with Gasteiger partial charge in [0.15, 0.2) is 0 Å². The van der Waals surface area contributed by atoms with E-state index in [4.69, 9.17) is 0 Å². The van der Waals surface area contributed by atoms with Gasteiger partial charge in [0.05, 0.1) is 0 Å². The predicted octanol–water partition coefficient (Wildman–Crippen LogP) is 2.14. The summed E-state index contributed by atoms with van der Waals surface area (Å²) < 4.78 is 0. The fraction of sp³-hybridized carbons (Fsp3) is 0.556. The molecule has 0 heterocycles. The number of hydrogen-bond donors (Lipinski definition) is 0. The van der Waals surface area contributed by atoms with Crippen molar-refractivity contribution in [2.75, 3.05) is 0 Å². The first-order valence-electron chi connectivity index (χ1n) is 3.78. The zero-order chi connectivity index (χ0) is 9.28. The molecule has 0 radical (unpaired) electrons. The van der Waals surface area contributed by atoms with E-state index < -0.39 is 0 Å². The second-order valence-electron chi connectivity index (χ2n) is 1.97. The van der Waals surface area contributed by atoms with Crippen LogP contribution in [0.25, 0.3) is 0 Å². The summed E-state index contributed by atoms with van der Waals surface area (Å²) in [6, 6.07) is 0. The van der Waals surface area contributed by atoms with Crippen molar-refractivity contribution in [3.05, 3.63) is 11.6 Å². The number of ketones is 1. The van der Waals surface area contributed by atoms with Crippen molar-refractivity contribution in [1.82, 2.24) is 0 Å².